The van der Waals surface area contributed by atoms with Crippen molar-refractivity contribution in [3.63, 3.8) is 0 Å². The number of thiophene rings is 1. The van der Waals surface area contributed by atoms with Gasteiger partial charge in [-0.15, -0.1) is 0 Å². The topological polar surface area (TPSA) is 32.3 Å². The van der Waals surface area contributed by atoms with Crippen LogP contribution in [-0.2, 0) is 6.54 Å². The van der Waals surface area contributed by atoms with E-state index in [9.17, 15) is 5.11 Å². The van der Waals surface area contributed by atoms with Crippen LogP contribution in [0.3, 0.4) is 0 Å². The number of phenolic OH excluding ortho intramolecular Hbond substituents is 1. The van der Waals surface area contributed by atoms with E-state index in [0.29, 0.717) is 11.3 Å². The molecule has 3 heteroatoms. The summed E-state index contributed by atoms with van der Waals surface area (Å²) >= 11 is 1.73. The van der Waals surface area contributed by atoms with Gasteiger partial charge in [0, 0.05) is 12.1 Å². The number of hydrogen-bond donors (Lipinski definition) is 2. The van der Waals surface area contributed by atoms with Crippen LogP contribution in [0, 0.1) is 17.8 Å². The average Bonchev–Trinajstić information content (AvgIpc) is 3.06. The highest BCUT2D eigenvalue weighted by Gasteiger charge is 2.50. The van der Waals surface area contributed by atoms with Crippen LogP contribution in [0.4, 0.5) is 0 Å². The highest BCUT2D eigenvalue weighted by Crippen LogP contribution is 2.55. The molecule has 4 aliphatic rings. The fourth-order valence-electron chi connectivity index (χ4n) is 6.04. The molecule has 4 bridgehead atoms. The fourth-order valence-corrected chi connectivity index (χ4v) is 6.69. The Labute approximate surface area is 147 Å². The SMILES string of the molecule is Oc1ccc(-c2ccsc2)c(CNC23CC4CC(CC(C4)C2)C3)c1. The molecule has 1 heterocycles. The molecule has 24 heavy (non-hydrogen) atoms. The zero-order chi connectivity index (χ0) is 16.1. The maximum atomic E-state index is 9.97. The second kappa shape index (κ2) is 5.60. The van der Waals surface area contributed by atoms with Gasteiger partial charge in [0.1, 0.15) is 5.75 Å². The Morgan fingerprint density at radius 3 is 2.38 bits per heavy atom. The first-order valence-electron chi connectivity index (χ1n) is 9.29. The van der Waals surface area contributed by atoms with Crippen molar-refractivity contribution < 1.29 is 5.11 Å². The van der Waals surface area contributed by atoms with Crippen molar-refractivity contribution in [2.45, 2.75) is 50.6 Å². The molecule has 4 aliphatic carbocycles. The summed E-state index contributed by atoms with van der Waals surface area (Å²) in [6, 6.07) is 7.99. The largest absolute Gasteiger partial charge is 0.508 e. The van der Waals surface area contributed by atoms with Crippen molar-refractivity contribution >= 4 is 11.3 Å². The Morgan fingerprint density at radius 2 is 1.75 bits per heavy atom. The first kappa shape index (κ1) is 15.0. The summed E-state index contributed by atoms with van der Waals surface area (Å²) in [5.74, 6) is 3.26. The minimum Gasteiger partial charge on any atom is -0.508 e. The van der Waals surface area contributed by atoms with E-state index in [4.69, 9.17) is 0 Å². The van der Waals surface area contributed by atoms with E-state index in [1.54, 1.807) is 17.4 Å². The van der Waals surface area contributed by atoms with Gasteiger partial charge in [0.25, 0.3) is 0 Å². The number of hydrogen-bond acceptors (Lipinski definition) is 3. The Bertz CT molecular complexity index is 701. The van der Waals surface area contributed by atoms with Gasteiger partial charge >= 0.3 is 0 Å². The summed E-state index contributed by atoms with van der Waals surface area (Å²) < 4.78 is 0. The van der Waals surface area contributed by atoms with Gasteiger partial charge in [-0.2, -0.15) is 11.3 Å². The zero-order valence-corrected chi connectivity index (χ0v) is 14.8. The third-order valence-electron chi connectivity index (χ3n) is 6.61. The van der Waals surface area contributed by atoms with Crippen LogP contribution in [0.2, 0.25) is 0 Å². The number of phenols is 1. The first-order valence-corrected chi connectivity index (χ1v) is 10.2. The second-order valence-corrected chi connectivity index (χ2v) is 9.18. The Morgan fingerprint density at radius 1 is 1.04 bits per heavy atom. The van der Waals surface area contributed by atoms with Gasteiger partial charge in [-0.3, -0.25) is 0 Å². The summed E-state index contributed by atoms with van der Waals surface area (Å²) in [5, 5.41) is 18.3. The van der Waals surface area contributed by atoms with E-state index in [-0.39, 0.29) is 0 Å². The van der Waals surface area contributed by atoms with E-state index in [1.165, 1.54) is 55.2 Å². The van der Waals surface area contributed by atoms with Gasteiger partial charge in [-0.25, -0.2) is 0 Å². The van der Waals surface area contributed by atoms with Crippen LogP contribution in [0.5, 0.6) is 5.75 Å². The number of aromatic hydroxyl groups is 1. The molecule has 2 nitrogen and oxygen atoms in total. The maximum Gasteiger partial charge on any atom is 0.115 e. The van der Waals surface area contributed by atoms with Gasteiger partial charge in [0.2, 0.25) is 0 Å². The van der Waals surface area contributed by atoms with Crippen molar-refractivity contribution in [3.8, 4) is 16.9 Å². The number of nitrogens with one attached hydrogen (secondary N) is 1. The van der Waals surface area contributed by atoms with Crippen molar-refractivity contribution in [1.82, 2.24) is 5.32 Å². The van der Waals surface area contributed by atoms with Gasteiger partial charge in [-0.1, -0.05) is 6.07 Å². The van der Waals surface area contributed by atoms with Crippen LogP contribution >= 0.6 is 11.3 Å². The molecule has 4 saturated carbocycles. The molecule has 0 atom stereocenters. The van der Waals surface area contributed by atoms with E-state index in [2.05, 4.69) is 28.2 Å². The van der Waals surface area contributed by atoms with Crippen molar-refractivity contribution in [2.75, 3.05) is 0 Å². The third kappa shape index (κ3) is 2.58. The molecule has 0 aliphatic heterocycles. The lowest BCUT2D eigenvalue weighted by atomic mass is 9.53. The van der Waals surface area contributed by atoms with E-state index in [0.717, 1.165) is 24.3 Å². The van der Waals surface area contributed by atoms with Crippen molar-refractivity contribution in [1.29, 1.82) is 0 Å². The molecule has 1 aromatic heterocycles. The van der Waals surface area contributed by atoms with E-state index in [1.807, 2.05) is 6.07 Å². The van der Waals surface area contributed by atoms with Gasteiger partial charge in [0.15, 0.2) is 0 Å². The average molecular weight is 340 g/mol. The molecule has 4 fully saturated rings. The standard InChI is InChI=1S/C21H25NOS/c23-19-1-2-20(17-3-4-24-13-17)18(8-19)12-22-21-9-14-5-15(10-21)7-16(6-14)11-21/h1-4,8,13-16,22-23H,5-7,9-12H2. The number of rotatable bonds is 4. The lowest BCUT2D eigenvalue weighted by Crippen LogP contribution is -2.58. The maximum absolute atomic E-state index is 9.97. The Hall–Kier alpha value is -1.32. The summed E-state index contributed by atoms with van der Waals surface area (Å²) in [4.78, 5) is 0. The first-order chi connectivity index (χ1) is 11.7. The quantitative estimate of drug-likeness (QED) is 0.804. The van der Waals surface area contributed by atoms with Gasteiger partial charge in [-0.05, 0) is 102 Å². The lowest BCUT2D eigenvalue weighted by molar-refractivity contribution is -0.0205. The minimum atomic E-state index is 0.367. The fraction of sp³-hybridized carbons (Fsp3) is 0.524. The molecule has 0 spiro atoms. The zero-order valence-electron chi connectivity index (χ0n) is 14.0. The van der Waals surface area contributed by atoms with Crippen molar-refractivity contribution in [3.05, 3.63) is 40.6 Å². The van der Waals surface area contributed by atoms with Crippen LogP contribution in [0.15, 0.2) is 35.0 Å². The molecule has 2 aromatic rings. The number of benzene rings is 1. The highest BCUT2D eigenvalue weighted by atomic mass is 32.1. The van der Waals surface area contributed by atoms with E-state index >= 15 is 0 Å². The summed E-state index contributed by atoms with van der Waals surface area (Å²) in [7, 11) is 0. The van der Waals surface area contributed by atoms with Crippen LogP contribution in [-0.4, -0.2) is 10.6 Å². The molecule has 0 amide bonds. The molecule has 2 N–H and O–H groups in total. The van der Waals surface area contributed by atoms with Crippen LogP contribution in [0.1, 0.15) is 44.1 Å². The monoisotopic (exact) mass is 339 g/mol. The normalized spacial score (nSPS) is 33.9. The Kier molecular flexibility index (Phi) is 3.50. The predicted octanol–water partition coefficient (Wildman–Crippen LogP) is 5.18. The molecule has 126 valence electrons. The Balaban J connectivity index is 1.40. The molecule has 6 rings (SSSR count). The molecule has 1 aromatic carbocycles. The third-order valence-corrected chi connectivity index (χ3v) is 7.30. The minimum absolute atomic E-state index is 0.367. The van der Waals surface area contributed by atoms with Gasteiger partial charge < -0.3 is 10.4 Å². The molecule has 0 unspecified atom stereocenters. The second-order valence-electron chi connectivity index (χ2n) is 8.40. The smallest absolute Gasteiger partial charge is 0.115 e. The van der Waals surface area contributed by atoms with Crippen LogP contribution in [0.25, 0.3) is 11.1 Å². The molecular formula is C21H25NOS. The summed E-state index contributed by atoms with van der Waals surface area (Å²) in [6.45, 7) is 0.867. The molecule has 0 radical (unpaired) electrons. The molecule has 0 saturated heterocycles. The summed E-state index contributed by atoms with van der Waals surface area (Å²) in [5.41, 5.74) is 4.12. The van der Waals surface area contributed by atoms with Crippen LogP contribution < -0.4 is 5.32 Å². The van der Waals surface area contributed by atoms with Gasteiger partial charge in [0.05, 0.1) is 0 Å². The lowest BCUT2D eigenvalue weighted by Gasteiger charge is -2.57. The highest BCUT2D eigenvalue weighted by molar-refractivity contribution is 7.08. The predicted molar refractivity (Wildman–Crippen MR) is 99.2 cm³/mol. The molecular weight excluding hydrogens is 314 g/mol. The van der Waals surface area contributed by atoms with E-state index < -0.39 is 0 Å². The van der Waals surface area contributed by atoms with Crippen molar-refractivity contribution in [2.24, 2.45) is 17.8 Å². The summed E-state index contributed by atoms with van der Waals surface area (Å²) in [6.07, 6.45) is 8.54.